The quantitative estimate of drug-likeness (QED) is 0.772. The van der Waals surface area contributed by atoms with Crippen LogP contribution in [0.5, 0.6) is 0 Å². The Morgan fingerprint density at radius 3 is 2.90 bits per heavy atom. The van der Waals surface area contributed by atoms with Gasteiger partial charge in [-0.3, -0.25) is 0 Å². The standard InChI is InChI=1S/C14H25N3O2S2/c1-4-6-15-9-13-8-14(10-16(13)2)21(18,19)17(3)12-5-7-20-11-12/h8,10,12,15H,4-7,9,11H2,1-3H3. The molecule has 2 rings (SSSR count). The van der Waals surface area contributed by atoms with Crippen molar-refractivity contribution >= 4 is 21.8 Å². The molecule has 1 fully saturated rings. The molecule has 0 aliphatic carbocycles. The first kappa shape index (κ1) is 16.9. The maximum atomic E-state index is 12.7. The molecule has 1 aromatic rings. The normalized spacial score (nSPS) is 19.5. The summed E-state index contributed by atoms with van der Waals surface area (Å²) in [7, 11) is 0.215. The zero-order valence-corrected chi connectivity index (χ0v) is 14.6. The van der Waals surface area contributed by atoms with Crippen molar-refractivity contribution in [3.63, 3.8) is 0 Å². The number of nitrogens with one attached hydrogen (secondary N) is 1. The number of hydrogen-bond donors (Lipinski definition) is 1. The van der Waals surface area contributed by atoms with Crippen LogP contribution in [-0.4, -0.2) is 48.4 Å². The van der Waals surface area contributed by atoms with Crippen LogP contribution in [0.4, 0.5) is 0 Å². The van der Waals surface area contributed by atoms with Gasteiger partial charge in [0.2, 0.25) is 10.0 Å². The van der Waals surface area contributed by atoms with Crippen molar-refractivity contribution in [2.75, 3.05) is 25.1 Å². The summed E-state index contributed by atoms with van der Waals surface area (Å²) in [6.07, 6.45) is 3.73. The molecule has 7 heteroatoms. The summed E-state index contributed by atoms with van der Waals surface area (Å²) in [5.41, 5.74) is 0.997. The fourth-order valence-corrected chi connectivity index (χ4v) is 5.30. The Balaban J connectivity index is 2.14. The minimum absolute atomic E-state index is 0.127. The summed E-state index contributed by atoms with van der Waals surface area (Å²) in [6.45, 7) is 3.75. The van der Waals surface area contributed by atoms with Gasteiger partial charge in [0, 0.05) is 44.3 Å². The molecule has 0 bridgehead atoms. The van der Waals surface area contributed by atoms with E-state index in [1.54, 1.807) is 23.6 Å². The summed E-state index contributed by atoms with van der Waals surface area (Å²) in [5, 5.41) is 3.31. The molecule has 1 atom stereocenters. The van der Waals surface area contributed by atoms with Gasteiger partial charge in [-0.15, -0.1) is 0 Å². The highest BCUT2D eigenvalue weighted by Gasteiger charge is 2.31. The number of thioether (sulfide) groups is 1. The second kappa shape index (κ2) is 7.17. The van der Waals surface area contributed by atoms with Gasteiger partial charge in [-0.2, -0.15) is 16.1 Å². The molecule has 0 radical (unpaired) electrons. The SMILES string of the molecule is CCCNCc1cc(S(=O)(=O)N(C)C2CCSC2)cn1C. The largest absolute Gasteiger partial charge is 0.352 e. The van der Waals surface area contributed by atoms with Crippen molar-refractivity contribution in [2.45, 2.75) is 37.2 Å². The van der Waals surface area contributed by atoms with Gasteiger partial charge >= 0.3 is 0 Å². The molecule has 1 unspecified atom stereocenters. The lowest BCUT2D eigenvalue weighted by atomic mass is 10.3. The van der Waals surface area contributed by atoms with E-state index in [1.807, 2.05) is 23.4 Å². The Hall–Kier alpha value is -0.500. The van der Waals surface area contributed by atoms with Crippen LogP contribution in [0.1, 0.15) is 25.5 Å². The van der Waals surface area contributed by atoms with Gasteiger partial charge in [-0.05, 0) is 31.2 Å². The molecule has 0 spiro atoms. The monoisotopic (exact) mass is 331 g/mol. The van der Waals surface area contributed by atoms with E-state index in [4.69, 9.17) is 0 Å². The van der Waals surface area contributed by atoms with Gasteiger partial charge in [-0.25, -0.2) is 8.42 Å². The maximum Gasteiger partial charge on any atom is 0.244 e. The predicted molar refractivity (Wildman–Crippen MR) is 88.1 cm³/mol. The Bertz CT molecular complexity index is 563. The number of sulfonamides is 1. The summed E-state index contributed by atoms with van der Waals surface area (Å²) in [4.78, 5) is 0.401. The molecule has 5 nitrogen and oxygen atoms in total. The summed E-state index contributed by atoms with van der Waals surface area (Å²) in [5.74, 6) is 1.94. The van der Waals surface area contributed by atoms with Crippen molar-refractivity contribution in [1.82, 2.24) is 14.2 Å². The Kier molecular flexibility index (Phi) is 5.76. The zero-order valence-electron chi connectivity index (χ0n) is 13.0. The molecule has 120 valence electrons. The van der Waals surface area contributed by atoms with Crippen LogP contribution in [-0.2, 0) is 23.6 Å². The molecular formula is C14H25N3O2S2. The lowest BCUT2D eigenvalue weighted by Gasteiger charge is -2.22. The number of rotatable bonds is 7. The first-order valence-corrected chi connectivity index (χ1v) is 9.98. The molecule has 0 saturated carbocycles. The predicted octanol–water partition coefficient (Wildman–Crippen LogP) is 1.65. The Morgan fingerprint density at radius 1 is 1.52 bits per heavy atom. The van der Waals surface area contributed by atoms with Gasteiger partial charge in [0.15, 0.2) is 0 Å². The van der Waals surface area contributed by atoms with E-state index in [0.29, 0.717) is 11.4 Å². The van der Waals surface area contributed by atoms with Crippen molar-refractivity contribution in [2.24, 2.45) is 7.05 Å². The molecule has 2 heterocycles. The van der Waals surface area contributed by atoms with Crippen molar-refractivity contribution in [3.8, 4) is 0 Å². The zero-order chi connectivity index (χ0) is 15.5. The van der Waals surface area contributed by atoms with Crippen LogP contribution in [0.15, 0.2) is 17.2 Å². The van der Waals surface area contributed by atoms with Crippen LogP contribution < -0.4 is 5.32 Å². The number of nitrogens with zero attached hydrogens (tertiary/aromatic N) is 2. The van der Waals surface area contributed by atoms with Gasteiger partial charge in [0.05, 0.1) is 0 Å². The number of aromatic nitrogens is 1. The van der Waals surface area contributed by atoms with Gasteiger partial charge in [0.1, 0.15) is 4.90 Å². The summed E-state index contributed by atoms with van der Waals surface area (Å²) in [6, 6.07) is 1.92. The summed E-state index contributed by atoms with van der Waals surface area (Å²) < 4.78 is 28.8. The van der Waals surface area contributed by atoms with Crippen LogP contribution in [0, 0.1) is 0 Å². The van der Waals surface area contributed by atoms with Crippen LogP contribution in [0.25, 0.3) is 0 Å². The fourth-order valence-electron chi connectivity index (χ4n) is 2.46. The third-order valence-corrected chi connectivity index (χ3v) is 6.93. The highest BCUT2D eigenvalue weighted by Crippen LogP contribution is 2.26. The van der Waals surface area contributed by atoms with Gasteiger partial charge in [-0.1, -0.05) is 6.92 Å². The molecule has 1 saturated heterocycles. The first-order chi connectivity index (χ1) is 9.96. The van der Waals surface area contributed by atoms with E-state index in [0.717, 1.165) is 36.6 Å². The number of hydrogen-bond acceptors (Lipinski definition) is 4. The van der Waals surface area contributed by atoms with Crippen LogP contribution >= 0.6 is 11.8 Å². The lowest BCUT2D eigenvalue weighted by molar-refractivity contribution is 0.394. The maximum absolute atomic E-state index is 12.7. The van der Waals surface area contributed by atoms with E-state index >= 15 is 0 Å². The van der Waals surface area contributed by atoms with E-state index in [1.165, 1.54) is 0 Å². The van der Waals surface area contributed by atoms with E-state index < -0.39 is 10.0 Å². The molecule has 1 N–H and O–H groups in total. The second-order valence-electron chi connectivity index (χ2n) is 5.49. The minimum atomic E-state index is -3.38. The second-order valence-corrected chi connectivity index (χ2v) is 8.64. The fraction of sp³-hybridized carbons (Fsp3) is 0.714. The first-order valence-electron chi connectivity index (χ1n) is 7.38. The molecule has 1 aliphatic rings. The van der Waals surface area contributed by atoms with Crippen LogP contribution in [0.3, 0.4) is 0 Å². The number of aryl methyl sites for hydroxylation is 1. The van der Waals surface area contributed by atoms with Crippen LogP contribution in [0.2, 0.25) is 0 Å². The van der Waals surface area contributed by atoms with Crippen molar-refractivity contribution in [1.29, 1.82) is 0 Å². The lowest BCUT2D eigenvalue weighted by Crippen LogP contribution is -2.36. The topological polar surface area (TPSA) is 54.3 Å². The van der Waals surface area contributed by atoms with E-state index in [-0.39, 0.29) is 6.04 Å². The Morgan fingerprint density at radius 2 is 2.29 bits per heavy atom. The Labute approximate surface area is 132 Å². The van der Waals surface area contributed by atoms with Gasteiger partial charge in [0.25, 0.3) is 0 Å². The molecule has 0 aromatic carbocycles. The average molecular weight is 332 g/mol. The molecule has 1 aromatic heterocycles. The molecule has 0 amide bonds. The summed E-state index contributed by atoms with van der Waals surface area (Å²) >= 11 is 1.82. The van der Waals surface area contributed by atoms with Crippen molar-refractivity contribution in [3.05, 3.63) is 18.0 Å². The van der Waals surface area contributed by atoms with Crippen molar-refractivity contribution < 1.29 is 8.42 Å². The average Bonchev–Trinajstić information content (AvgIpc) is 3.08. The van der Waals surface area contributed by atoms with Gasteiger partial charge < -0.3 is 9.88 Å². The highest BCUT2D eigenvalue weighted by molar-refractivity contribution is 7.99. The molecule has 21 heavy (non-hydrogen) atoms. The third-order valence-electron chi connectivity index (χ3n) is 3.91. The third kappa shape index (κ3) is 3.83. The van der Waals surface area contributed by atoms with E-state index in [9.17, 15) is 8.42 Å². The highest BCUT2D eigenvalue weighted by atomic mass is 32.2. The smallest absolute Gasteiger partial charge is 0.244 e. The minimum Gasteiger partial charge on any atom is -0.352 e. The molecule has 1 aliphatic heterocycles. The van der Waals surface area contributed by atoms with E-state index in [2.05, 4.69) is 12.2 Å². The molecular weight excluding hydrogens is 306 g/mol.